The Bertz CT molecular complexity index is 1100. The van der Waals surface area contributed by atoms with E-state index >= 15 is 0 Å². The summed E-state index contributed by atoms with van der Waals surface area (Å²) in [4.78, 5) is 17.2. The molecule has 7 nitrogen and oxygen atoms in total. The highest BCUT2D eigenvalue weighted by Gasteiger charge is 2.38. The van der Waals surface area contributed by atoms with Gasteiger partial charge in [0.25, 0.3) is 5.91 Å². The topological polar surface area (TPSA) is 80.5 Å². The summed E-state index contributed by atoms with van der Waals surface area (Å²) in [6, 6.07) is 4.53. The first-order chi connectivity index (χ1) is 12.9. The normalized spacial score (nSPS) is 23.8. The summed E-state index contributed by atoms with van der Waals surface area (Å²) in [6.45, 7) is 4.14. The van der Waals surface area contributed by atoms with E-state index in [0.29, 0.717) is 35.7 Å². The van der Waals surface area contributed by atoms with E-state index < -0.39 is 5.60 Å². The zero-order valence-corrected chi connectivity index (χ0v) is 14.9. The van der Waals surface area contributed by atoms with Crippen molar-refractivity contribution in [3.05, 3.63) is 53.1 Å². The van der Waals surface area contributed by atoms with Crippen molar-refractivity contribution in [1.82, 2.24) is 19.9 Å². The van der Waals surface area contributed by atoms with Crippen molar-refractivity contribution in [2.45, 2.75) is 31.9 Å². The van der Waals surface area contributed by atoms with Crippen LogP contribution in [-0.4, -0.2) is 32.7 Å². The number of halogens is 1. The fourth-order valence-corrected chi connectivity index (χ4v) is 3.81. The first kappa shape index (κ1) is 16.0. The highest BCUT2D eigenvalue weighted by molar-refractivity contribution is 5.99. The van der Waals surface area contributed by atoms with E-state index in [1.165, 1.54) is 18.3 Å². The minimum Gasteiger partial charge on any atom is -0.485 e. The lowest BCUT2D eigenvalue weighted by Crippen LogP contribution is -2.44. The third-order valence-corrected chi connectivity index (χ3v) is 5.14. The number of carbonyl (C=O) groups is 1. The number of benzene rings is 1. The van der Waals surface area contributed by atoms with Gasteiger partial charge in [0.15, 0.2) is 5.65 Å². The Labute approximate surface area is 154 Å². The molecule has 4 bridgehead atoms. The maximum Gasteiger partial charge on any atom is 0.256 e. The van der Waals surface area contributed by atoms with Gasteiger partial charge < -0.3 is 15.4 Å². The fraction of sp³-hybridized carbons (Fsp3) is 0.316. The van der Waals surface area contributed by atoms with Gasteiger partial charge >= 0.3 is 0 Å². The summed E-state index contributed by atoms with van der Waals surface area (Å²) >= 11 is 0. The monoisotopic (exact) mass is 367 g/mol. The number of fused-ring (bicyclic) bond motifs is 2. The van der Waals surface area contributed by atoms with Gasteiger partial charge in [0.1, 0.15) is 28.5 Å². The summed E-state index contributed by atoms with van der Waals surface area (Å²) in [5.41, 5.74) is 1.75. The van der Waals surface area contributed by atoms with Gasteiger partial charge in [-0.1, -0.05) is 0 Å². The summed E-state index contributed by atoms with van der Waals surface area (Å²) in [5.74, 6) is 0.677. The number of carbonyl (C=O) groups excluding carboxylic acids is 1. The lowest BCUT2D eigenvalue weighted by atomic mass is 9.96. The molecule has 0 fully saturated rings. The van der Waals surface area contributed by atoms with Crippen molar-refractivity contribution in [1.29, 1.82) is 0 Å². The quantitative estimate of drug-likeness (QED) is 0.638. The van der Waals surface area contributed by atoms with Gasteiger partial charge in [0.2, 0.25) is 0 Å². The Kier molecular flexibility index (Phi) is 3.22. The molecule has 2 N–H and O–H groups in total. The summed E-state index contributed by atoms with van der Waals surface area (Å²) in [7, 11) is 0. The van der Waals surface area contributed by atoms with Crippen molar-refractivity contribution in [3.8, 4) is 5.75 Å². The van der Waals surface area contributed by atoms with Gasteiger partial charge in [-0.3, -0.25) is 4.79 Å². The zero-order valence-electron chi connectivity index (χ0n) is 14.9. The van der Waals surface area contributed by atoms with Crippen LogP contribution in [0.3, 0.4) is 0 Å². The number of rotatable bonds is 0. The molecule has 2 atom stereocenters. The van der Waals surface area contributed by atoms with Crippen LogP contribution in [0.5, 0.6) is 5.75 Å². The lowest BCUT2D eigenvalue weighted by Gasteiger charge is -2.25. The van der Waals surface area contributed by atoms with Gasteiger partial charge in [-0.25, -0.2) is 13.9 Å². The smallest absolute Gasteiger partial charge is 0.256 e. The van der Waals surface area contributed by atoms with Crippen LogP contribution >= 0.6 is 0 Å². The van der Waals surface area contributed by atoms with Crippen molar-refractivity contribution in [2.24, 2.45) is 0 Å². The summed E-state index contributed by atoms with van der Waals surface area (Å²) in [6.07, 6.45) is 3.76. The molecule has 0 saturated heterocycles. The summed E-state index contributed by atoms with van der Waals surface area (Å²) < 4.78 is 22.0. The second-order valence-electron chi connectivity index (χ2n) is 7.40. The number of amides is 1. The molecule has 8 heteroatoms. The molecule has 27 heavy (non-hydrogen) atoms. The fourth-order valence-electron chi connectivity index (χ4n) is 3.81. The number of nitrogens with zero attached hydrogens (tertiary/aromatic N) is 3. The van der Waals surface area contributed by atoms with E-state index in [2.05, 4.69) is 20.7 Å². The highest BCUT2D eigenvalue weighted by atomic mass is 19.1. The molecular weight excluding hydrogens is 349 g/mol. The molecule has 3 aromatic rings. The van der Waals surface area contributed by atoms with Crippen LogP contribution in [0.4, 0.5) is 10.2 Å². The first-order valence-electron chi connectivity index (χ1n) is 8.82. The second-order valence-corrected chi connectivity index (χ2v) is 7.40. The Balaban J connectivity index is 1.68. The Hall–Kier alpha value is -3.16. The molecule has 2 aliphatic heterocycles. The van der Waals surface area contributed by atoms with E-state index in [1.807, 2.05) is 13.8 Å². The van der Waals surface area contributed by atoms with Gasteiger partial charge in [-0.2, -0.15) is 5.10 Å². The van der Waals surface area contributed by atoms with E-state index in [9.17, 15) is 9.18 Å². The van der Waals surface area contributed by atoms with Gasteiger partial charge in [-0.15, -0.1) is 0 Å². The third-order valence-electron chi connectivity index (χ3n) is 5.14. The molecule has 0 saturated carbocycles. The average molecular weight is 367 g/mol. The van der Waals surface area contributed by atoms with Crippen molar-refractivity contribution in [3.63, 3.8) is 0 Å². The van der Waals surface area contributed by atoms with E-state index in [4.69, 9.17) is 4.74 Å². The average Bonchev–Trinajstić information content (AvgIpc) is 3.18. The molecule has 0 spiro atoms. The van der Waals surface area contributed by atoms with Crippen LogP contribution in [0.1, 0.15) is 41.4 Å². The van der Waals surface area contributed by atoms with Crippen LogP contribution in [-0.2, 0) is 6.42 Å². The SMILES string of the molecule is C[C@H]1Nc2ccn3ncc(c3n2)C(=O)NC[C@@]2(C)Cc3cc(F)cc1c3O2. The lowest BCUT2D eigenvalue weighted by molar-refractivity contribution is 0.0839. The molecule has 138 valence electrons. The number of ether oxygens (including phenoxy) is 1. The predicted molar refractivity (Wildman–Crippen MR) is 96.5 cm³/mol. The van der Waals surface area contributed by atoms with Crippen molar-refractivity contribution >= 4 is 17.4 Å². The number of anilines is 1. The zero-order chi connectivity index (χ0) is 18.8. The molecule has 0 aliphatic carbocycles. The second kappa shape index (κ2) is 5.42. The summed E-state index contributed by atoms with van der Waals surface area (Å²) in [5, 5.41) is 10.4. The standard InChI is InChI=1S/C19H18FN5O2/c1-10-13-6-12(20)5-11-7-19(2,27-16(11)13)9-21-18(26)14-8-22-25-4-3-15(23-10)24-17(14)25/h3-6,8,10H,7,9H2,1-2H3,(H,21,26)(H,23,24)/t10-,19-/m1/s1. The Morgan fingerprint density at radius 1 is 1.41 bits per heavy atom. The van der Waals surface area contributed by atoms with E-state index in [0.717, 1.165) is 11.1 Å². The van der Waals surface area contributed by atoms with E-state index in [-0.39, 0.29) is 17.8 Å². The van der Waals surface area contributed by atoms with Crippen LogP contribution < -0.4 is 15.4 Å². The largest absolute Gasteiger partial charge is 0.485 e. The minimum atomic E-state index is -0.646. The van der Waals surface area contributed by atoms with Crippen LogP contribution in [0.2, 0.25) is 0 Å². The van der Waals surface area contributed by atoms with E-state index in [1.54, 1.807) is 16.8 Å². The third kappa shape index (κ3) is 2.51. The number of aromatic nitrogens is 3. The van der Waals surface area contributed by atoms with Crippen LogP contribution in [0.15, 0.2) is 30.6 Å². The van der Waals surface area contributed by atoms with Crippen molar-refractivity contribution < 1.29 is 13.9 Å². The van der Waals surface area contributed by atoms with Gasteiger partial charge in [0.05, 0.1) is 18.8 Å². The van der Waals surface area contributed by atoms with Gasteiger partial charge in [0, 0.05) is 23.7 Å². The molecule has 5 rings (SSSR count). The molecular formula is C19H18FN5O2. The molecule has 0 radical (unpaired) electrons. The highest BCUT2D eigenvalue weighted by Crippen LogP contribution is 2.41. The first-order valence-corrected chi connectivity index (χ1v) is 8.82. The number of hydrogen-bond donors (Lipinski definition) is 2. The minimum absolute atomic E-state index is 0.234. The maximum atomic E-state index is 14.2. The molecule has 2 aliphatic rings. The Morgan fingerprint density at radius 3 is 3.11 bits per heavy atom. The van der Waals surface area contributed by atoms with Gasteiger partial charge in [-0.05, 0) is 32.0 Å². The molecule has 4 heterocycles. The Morgan fingerprint density at radius 2 is 2.26 bits per heavy atom. The maximum absolute atomic E-state index is 14.2. The molecule has 0 unspecified atom stereocenters. The van der Waals surface area contributed by atoms with Crippen LogP contribution in [0.25, 0.3) is 5.65 Å². The van der Waals surface area contributed by atoms with Crippen molar-refractivity contribution in [2.75, 3.05) is 11.9 Å². The molecule has 2 aromatic heterocycles. The molecule has 1 amide bonds. The molecule has 1 aromatic carbocycles. The van der Waals surface area contributed by atoms with Crippen LogP contribution in [0, 0.1) is 5.82 Å². The predicted octanol–water partition coefficient (Wildman–Crippen LogP) is 2.48. The number of nitrogens with one attached hydrogen (secondary N) is 2. The number of hydrogen-bond acceptors (Lipinski definition) is 5.